The molecule has 2 aromatic heterocycles. The number of carbonyl (C=O) groups is 2. The van der Waals surface area contributed by atoms with Gasteiger partial charge in [-0.25, -0.2) is 28.6 Å². The lowest BCUT2D eigenvalue weighted by Crippen LogP contribution is -2.46. The number of phosphoric ester groups is 3. The van der Waals surface area contributed by atoms with Crippen LogP contribution in [0, 0.1) is 5.41 Å². The summed E-state index contributed by atoms with van der Waals surface area (Å²) in [5.74, 6) is -0.943. The van der Waals surface area contributed by atoms with Crippen LogP contribution in [0.2, 0.25) is 0 Å². The molecule has 3 unspecified atom stereocenters. The number of ether oxygens (including phenoxy) is 1. The Labute approximate surface area is 277 Å². The lowest BCUT2D eigenvalue weighted by Gasteiger charge is -2.30. The number of aliphatic hydroxyl groups is 2. The van der Waals surface area contributed by atoms with Gasteiger partial charge in [0.1, 0.15) is 36.3 Å². The van der Waals surface area contributed by atoms with Crippen molar-refractivity contribution >= 4 is 64.9 Å². The number of fused-ring (bicyclic) bond motifs is 1. The molecule has 27 heteroatoms. The van der Waals surface area contributed by atoms with Crippen molar-refractivity contribution in [1.29, 1.82) is 0 Å². The molecule has 1 aliphatic rings. The summed E-state index contributed by atoms with van der Waals surface area (Å²) >= 11 is 3.95. The summed E-state index contributed by atoms with van der Waals surface area (Å²) < 4.78 is 61.7. The fourth-order valence-corrected chi connectivity index (χ4v) is 7.08. The first-order valence-corrected chi connectivity index (χ1v) is 18.8. The molecule has 10 N–H and O–H groups in total. The Hall–Kier alpha value is -2.11. The third kappa shape index (κ3) is 11.2. The Balaban J connectivity index is 1.61. The summed E-state index contributed by atoms with van der Waals surface area (Å²) in [6.07, 6.45) is -6.74. The van der Waals surface area contributed by atoms with Crippen LogP contribution in [-0.4, -0.2) is 118 Å². The summed E-state index contributed by atoms with van der Waals surface area (Å²) in [5.41, 5.74) is 4.30. The van der Waals surface area contributed by atoms with Crippen molar-refractivity contribution in [3.05, 3.63) is 12.7 Å². The van der Waals surface area contributed by atoms with Crippen molar-refractivity contribution in [3.8, 4) is 0 Å². The molecular weight excluding hydrogens is 731 g/mol. The van der Waals surface area contributed by atoms with Gasteiger partial charge >= 0.3 is 23.5 Å². The van der Waals surface area contributed by atoms with Crippen molar-refractivity contribution < 1.29 is 75.7 Å². The molecular formula is C21H36N7O16P3S. The number of imidazole rings is 1. The van der Waals surface area contributed by atoms with E-state index < -0.39 is 78.6 Å². The van der Waals surface area contributed by atoms with E-state index in [1.54, 1.807) is 0 Å². The number of amides is 2. The number of anilines is 1. The van der Waals surface area contributed by atoms with Gasteiger partial charge in [-0.15, -0.1) is 0 Å². The Morgan fingerprint density at radius 1 is 1.10 bits per heavy atom. The Bertz CT molecular complexity index is 1590. The lowest BCUT2D eigenvalue weighted by atomic mass is 9.87. The van der Waals surface area contributed by atoms with Crippen LogP contribution >= 0.6 is 36.1 Å². The number of carbonyl (C=O) groups excluding carboxylic acids is 2. The van der Waals surface area contributed by atoms with Crippen LogP contribution in [0.3, 0.4) is 0 Å². The van der Waals surface area contributed by atoms with E-state index in [1.807, 2.05) is 0 Å². The van der Waals surface area contributed by atoms with Gasteiger partial charge in [0.25, 0.3) is 0 Å². The number of hydrogen-bond acceptors (Lipinski definition) is 17. The van der Waals surface area contributed by atoms with Gasteiger partial charge in [0.15, 0.2) is 17.7 Å². The second kappa shape index (κ2) is 16.3. The Morgan fingerprint density at radius 3 is 2.42 bits per heavy atom. The van der Waals surface area contributed by atoms with Gasteiger partial charge in [-0.1, -0.05) is 13.8 Å². The van der Waals surface area contributed by atoms with E-state index in [0.717, 1.165) is 17.2 Å². The van der Waals surface area contributed by atoms with E-state index in [0.29, 0.717) is 12.3 Å². The van der Waals surface area contributed by atoms with Gasteiger partial charge in [0, 0.05) is 30.7 Å². The number of aliphatic hydroxyl groups excluding tert-OH is 2. The van der Waals surface area contributed by atoms with Crippen LogP contribution in [0.25, 0.3) is 11.2 Å². The highest BCUT2D eigenvalue weighted by atomic mass is 32.1. The summed E-state index contributed by atoms with van der Waals surface area (Å²) in [6, 6.07) is 0. The number of phosphoric acid groups is 3. The molecule has 0 bridgehead atoms. The zero-order chi connectivity index (χ0) is 36.1. The van der Waals surface area contributed by atoms with E-state index in [4.69, 9.17) is 19.5 Å². The molecule has 0 radical (unpaired) electrons. The molecule has 0 spiro atoms. The van der Waals surface area contributed by atoms with Crippen molar-refractivity contribution in [2.75, 3.05) is 37.8 Å². The molecule has 7 atom stereocenters. The standard InChI is InChI=1S/C21H36N7O16P3S/c1-21(2,16(31)19(32)24-4-3-12(29)23-5-6-48)8-41-47(38,39)44-46(36,37)40-7-11-15(43-45(33,34)35)14(30)20(42-11)28-10-27-13-17(22)25-9-26-18(13)28/h9-11,14-16,20,30-31,48H,3-8H2,1-2H3,(H,23,29)(H,24,32)(H,36,37)(H,38,39)(H2,22,25,26)(H2,33,34,35)/t11-,14-,15-,16?,20-/m0/s1. The Morgan fingerprint density at radius 2 is 1.77 bits per heavy atom. The van der Waals surface area contributed by atoms with Gasteiger partial charge < -0.3 is 50.9 Å². The first-order chi connectivity index (χ1) is 22.2. The van der Waals surface area contributed by atoms with Crippen LogP contribution in [0.5, 0.6) is 0 Å². The highest BCUT2D eigenvalue weighted by Gasteiger charge is 2.50. The topological polar surface area (TPSA) is 347 Å². The molecule has 3 rings (SSSR count). The molecule has 3 heterocycles. The number of thiol groups is 1. The number of nitrogens with one attached hydrogen (secondary N) is 2. The average molecular weight is 768 g/mol. The highest BCUT2D eigenvalue weighted by molar-refractivity contribution is 7.80. The minimum Gasteiger partial charge on any atom is -0.386 e. The summed E-state index contributed by atoms with van der Waals surface area (Å²) in [7, 11) is -16.3. The maximum Gasteiger partial charge on any atom is 0.481 e. The molecule has 1 aliphatic heterocycles. The molecule has 1 fully saturated rings. The second-order valence-corrected chi connectivity index (χ2v) is 15.5. The SMILES string of the molecule is CC(C)(COP(=O)(O)OP(=O)(O)OC[C@@H]1O[C@H](n2cnc3c(N)ncnc32)[C@@H](O)[C@H]1OP(=O)(O)O)C(O)C(=O)NCCC(=O)NCCS. The third-order valence-corrected chi connectivity index (χ3v) is 9.83. The lowest BCUT2D eigenvalue weighted by molar-refractivity contribution is -0.137. The highest BCUT2D eigenvalue weighted by Crippen LogP contribution is 2.61. The summed E-state index contributed by atoms with van der Waals surface area (Å²) in [6.45, 7) is 0.723. The van der Waals surface area contributed by atoms with E-state index in [1.165, 1.54) is 13.8 Å². The Kier molecular flexibility index (Phi) is 13.7. The largest absolute Gasteiger partial charge is 0.481 e. The molecule has 0 aliphatic carbocycles. The second-order valence-electron chi connectivity index (χ2n) is 10.8. The van der Waals surface area contributed by atoms with Crippen LogP contribution in [-0.2, 0) is 45.9 Å². The van der Waals surface area contributed by atoms with Crippen molar-refractivity contribution in [2.24, 2.45) is 5.41 Å². The molecule has 48 heavy (non-hydrogen) atoms. The van der Waals surface area contributed by atoms with Crippen molar-refractivity contribution in [2.45, 2.75) is 50.9 Å². The molecule has 23 nitrogen and oxygen atoms in total. The number of nitrogen functional groups attached to an aromatic ring is 1. The van der Waals surface area contributed by atoms with E-state index in [2.05, 4.69) is 47.0 Å². The van der Waals surface area contributed by atoms with E-state index >= 15 is 0 Å². The van der Waals surface area contributed by atoms with Crippen LogP contribution in [0.4, 0.5) is 5.82 Å². The number of nitrogens with two attached hydrogens (primary N) is 1. The zero-order valence-corrected chi connectivity index (χ0v) is 28.8. The molecule has 0 aromatic carbocycles. The van der Waals surface area contributed by atoms with Crippen LogP contribution < -0.4 is 16.4 Å². The molecule has 1 saturated heterocycles. The average Bonchev–Trinajstić information content (AvgIpc) is 3.54. The maximum absolute atomic E-state index is 12.6. The minimum absolute atomic E-state index is 0.0363. The van der Waals surface area contributed by atoms with Gasteiger partial charge in [-0.2, -0.15) is 16.9 Å². The van der Waals surface area contributed by atoms with Gasteiger partial charge in [0.2, 0.25) is 11.8 Å². The minimum atomic E-state index is -5.54. The fourth-order valence-electron chi connectivity index (χ4n) is 4.14. The fraction of sp³-hybridized carbons (Fsp3) is 0.667. The van der Waals surface area contributed by atoms with Crippen LogP contribution in [0.1, 0.15) is 26.5 Å². The van der Waals surface area contributed by atoms with Gasteiger partial charge in [0.05, 0.1) is 19.5 Å². The first kappa shape index (κ1) is 40.3. The summed E-state index contributed by atoms with van der Waals surface area (Å²) in [4.78, 5) is 74.6. The maximum atomic E-state index is 12.6. The molecule has 272 valence electrons. The smallest absolute Gasteiger partial charge is 0.386 e. The number of hydrogen-bond donors (Lipinski definition) is 10. The molecule has 0 saturated carbocycles. The zero-order valence-electron chi connectivity index (χ0n) is 25.2. The number of nitrogens with zero attached hydrogens (tertiary/aromatic N) is 4. The van der Waals surface area contributed by atoms with E-state index in [-0.39, 0.29) is 35.9 Å². The van der Waals surface area contributed by atoms with Crippen molar-refractivity contribution in [1.82, 2.24) is 30.2 Å². The molecule has 2 amide bonds. The first-order valence-electron chi connectivity index (χ1n) is 13.7. The predicted molar refractivity (Wildman–Crippen MR) is 163 cm³/mol. The van der Waals surface area contributed by atoms with E-state index in [9.17, 15) is 53.1 Å². The normalized spacial score (nSPS) is 23.4. The van der Waals surface area contributed by atoms with Crippen LogP contribution in [0.15, 0.2) is 12.7 Å². The summed E-state index contributed by atoms with van der Waals surface area (Å²) in [5, 5.41) is 26.1. The number of aromatic nitrogens is 4. The quantitative estimate of drug-likeness (QED) is 0.0599. The van der Waals surface area contributed by atoms with Crippen molar-refractivity contribution in [3.63, 3.8) is 0 Å². The predicted octanol–water partition coefficient (Wildman–Crippen LogP) is -1.67. The monoisotopic (exact) mass is 767 g/mol. The third-order valence-electron chi connectivity index (χ3n) is 6.51. The molecule has 2 aromatic rings. The van der Waals surface area contributed by atoms with Gasteiger partial charge in [-0.05, 0) is 0 Å². The van der Waals surface area contributed by atoms with Gasteiger partial charge in [-0.3, -0.25) is 27.7 Å². The number of rotatable bonds is 18.